The Morgan fingerprint density at radius 2 is 1.92 bits per heavy atom. The lowest BCUT2D eigenvalue weighted by molar-refractivity contribution is 0.0938. The van der Waals surface area contributed by atoms with E-state index in [2.05, 4.69) is 27.5 Å². The van der Waals surface area contributed by atoms with E-state index in [0.717, 1.165) is 24.0 Å². The van der Waals surface area contributed by atoms with Crippen LogP contribution in [0.2, 0.25) is 0 Å². The molecule has 1 aromatic carbocycles. The van der Waals surface area contributed by atoms with Crippen molar-refractivity contribution in [2.45, 2.75) is 38.3 Å². The smallest absolute Gasteiger partial charge is 0.255 e. The first kappa shape index (κ1) is 16.5. The molecule has 132 valence electrons. The first-order chi connectivity index (χ1) is 12.8. The monoisotopic (exact) mass is 346 g/mol. The molecular formula is C21H22N4O. The summed E-state index contributed by atoms with van der Waals surface area (Å²) in [6, 6.07) is 14.2. The minimum atomic E-state index is -0.0462. The van der Waals surface area contributed by atoms with E-state index in [1.165, 1.54) is 12.8 Å². The number of rotatable bonds is 5. The van der Waals surface area contributed by atoms with E-state index < -0.39 is 0 Å². The summed E-state index contributed by atoms with van der Waals surface area (Å²) in [7, 11) is 0. The van der Waals surface area contributed by atoms with Crippen molar-refractivity contribution in [1.82, 2.24) is 20.1 Å². The lowest BCUT2D eigenvalue weighted by atomic mass is 10.1. The second kappa shape index (κ2) is 7.52. The van der Waals surface area contributed by atoms with Gasteiger partial charge in [0, 0.05) is 30.2 Å². The molecule has 0 saturated heterocycles. The van der Waals surface area contributed by atoms with E-state index >= 15 is 0 Å². The van der Waals surface area contributed by atoms with E-state index in [4.69, 9.17) is 0 Å². The molecule has 1 fully saturated rings. The topological polar surface area (TPSA) is 59.8 Å². The minimum Gasteiger partial charge on any atom is -0.349 e. The van der Waals surface area contributed by atoms with Crippen molar-refractivity contribution in [1.29, 1.82) is 0 Å². The van der Waals surface area contributed by atoms with Crippen molar-refractivity contribution in [2.24, 2.45) is 0 Å². The lowest BCUT2D eigenvalue weighted by Gasteiger charge is -2.11. The van der Waals surface area contributed by atoms with Gasteiger partial charge in [-0.15, -0.1) is 0 Å². The van der Waals surface area contributed by atoms with Gasteiger partial charge >= 0.3 is 0 Å². The Hall–Kier alpha value is -2.95. The zero-order valence-electron chi connectivity index (χ0n) is 14.6. The first-order valence-electron chi connectivity index (χ1n) is 9.12. The van der Waals surface area contributed by atoms with Gasteiger partial charge in [0.1, 0.15) is 5.69 Å². The summed E-state index contributed by atoms with van der Waals surface area (Å²) in [5, 5.41) is 7.86. The predicted molar refractivity (Wildman–Crippen MR) is 101 cm³/mol. The molecule has 1 N–H and O–H groups in total. The molecular weight excluding hydrogens is 324 g/mol. The molecule has 1 amide bonds. The Morgan fingerprint density at radius 1 is 1.12 bits per heavy atom. The van der Waals surface area contributed by atoms with Gasteiger partial charge in [-0.05, 0) is 30.5 Å². The van der Waals surface area contributed by atoms with Gasteiger partial charge in [0.2, 0.25) is 0 Å². The van der Waals surface area contributed by atoms with Crippen LogP contribution in [0.1, 0.15) is 41.6 Å². The fraction of sp³-hybridized carbons (Fsp3) is 0.286. The number of benzene rings is 1. The average Bonchev–Trinajstić information content (AvgIpc) is 3.33. The van der Waals surface area contributed by atoms with Crippen LogP contribution >= 0.6 is 0 Å². The number of carbonyl (C=O) groups excluding carboxylic acids is 1. The van der Waals surface area contributed by atoms with E-state index in [1.807, 2.05) is 41.2 Å². The van der Waals surface area contributed by atoms with Gasteiger partial charge in [-0.2, -0.15) is 5.10 Å². The van der Waals surface area contributed by atoms with Gasteiger partial charge in [0.15, 0.2) is 0 Å². The Morgan fingerprint density at radius 3 is 2.65 bits per heavy atom. The van der Waals surface area contributed by atoms with Crippen molar-refractivity contribution in [2.75, 3.05) is 0 Å². The molecule has 5 heteroatoms. The van der Waals surface area contributed by atoms with Crippen molar-refractivity contribution in [3.05, 3.63) is 72.2 Å². The third kappa shape index (κ3) is 3.67. The molecule has 1 aliphatic rings. The third-order valence-corrected chi connectivity index (χ3v) is 4.82. The fourth-order valence-electron chi connectivity index (χ4n) is 3.49. The molecule has 26 heavy (non-hydrogen) atoms. The van der Waals surface area contributed by atoms with Crippen molar-refractivity contribution >= 4 is 5.91 Å². The summed E-state index contributed by atoms with van der Waals surface area (Å²) in [5.74, 6) is -0.0462. The number of nitrogens with one attached hydrogen (secondary N) is 1. The Kier molecular flexibility index (Phi) is 4.78. The molecule has 0 atom stereocenters. The maximum absolute atomic E-state index is 12.9. The van der Waals surface area contributed by atoms with Gasteiger partial charge < -0.3 is 5.32 Å². The van der Waals surface area contributed by atoms with Crippen molar-refractivity contribution in [3.63, 3.8) is 0 Å². The molecule has 1 aliphatic carbocycles. The molecule has 0 unspecified atom stereocenters. The largest absolute Gasteiger partial charge is 0.349 e. The number of nitrogens with zero attached hydrogens (tertiary/aromatic N) is 3. The summed E-state index contributed by atoms with van der Waals surface area (Å²) >= 11 is 0. The van der Waals surface area contributed by atoms with Gasteiger partial charge in [0.05, 0.1) is 12.1 Å². The molecule has 0 aliphatic heterocycles. The highest BCUT2D eigenvalue weighted by Crippen LogP contribution is 2.23. The summed E-state index contributed by atoms with van der Waals surface area (Å²) in [4.78, 5) is 17.1. The molecule has 2 aromatic heterocycles. The summed E-state index contributed by atoms with van der Waals surface area (Å²) in [6.45, 7) is 0.630. The maximum Gasteiger partial charge on any atom is 0.255 e. The quantitative estimate of drug-likeness (QED) is 0.767. The van der Waals surface area contributed by atoms with Crippen LogP contribution in [-0.4, -0.2) is 26.7 Å². The van der Waals surface area contributed by atoms with Crippen LogP contribution < -0.4 is 5.32 Å². The summed E-state index contributed by atoms with van der Waals surface area (Å²) in [6.07, 6.45) is 9.82. The predicted octanol–water partition coefficient (Wildman–Crippen LogP) is 3.67. The molecule has 0 spiro atoms. The number of amides is 1. The van der Waals surface area contributed by atoms with Crippen LogP contribution in [0.3, 0.4) is 0 Å². The Balaban J connectivity index is 1.65. The SMILES string of the molecule is O=C(NC1CCCC1)c1cn(Cc2ccccc2)nc1-c1cccnc1. The van der Waals surface area contributed by atoms with Gasteiger partial charge in [-0.3, -0.25) is 14.5 Å². The number of carbonyl (C=O) groups is 1. The van der Waals surface area contributed by atoms with Crippen LogP contribution in [0, 0.1) is 0 Å². The fourth-order valence-corrected chi connectivity index (χ4v) is 3.49. The van der Waals surface area contributed by atoms with Gasteiger partial charge in [0.25, 0.3) is 5.91 Å². The molecule has 0 bridgehead atoms. The van der Waals surface area contributed by atoms with E-state index in [1.54, 1.807) is 12.4 Å². The normalized spacial score (nSPS) is 14.5. The zero-order valence-corrected chi connectivity index (χ0v) is 14.6. The number of hydrogen-bond acceptors (Lipinski definition) is 3. The number of hydrogen-bond donors (Lipinski definition) is 1. The molecule has 5 nitrogen and oxygen atoms in total. The van der Waals surface area contributed by atoms with E-state index in [0.29, 0.717) is 17.8 Å². The highest BCUT2D eigenvalue weighted by atomic mass is 16.1. The zero-order chi connectivity index (χ0) is 17.8. The van der Waals surface area contributed by atoms with Gasteiger partial charge in [-0.25, -0.2) is 0 Å². The van der Waals surface area contributed by atoms with Crippen LogP contribution in [-0.2, 0) is 6.54 Å². The highest BCUT2D eigenvalue weighted by Gasteiger charge is 2.22. The number of aromatic nitrogens is 3. The molecule has 2 heterocycles. The first-order valence-corrected chi connectivity index (χ1v) is 9.12. The van der Waals surface area contributed by atoms with Crippen LogP contribution in [0.25, 0.3) is 11.3 Å². The molecule has 3 aromatic rings. The minimum absolute atomic E-state index is 0.0462. The van der Waals surface area contributed by atoms with Crippen molar-refractivity contribution < 1.29 is 4.79 Å². The highest BCUT2D eigenvalue weighted by molar-refractivity contribution is 5.99. The van der Waals surface area contributed by atoms with Gasteiger partial charge in [-0.1, -0.05) is 43.2 Å². The molecule has 0 radical (unpaired) electrons. The summed E-state index contributed by atoms with van der Waals surface area (Å²) in [5.41, 5.74) is 3.30. The lowest BCUT2D eigenvalue weighted by Crippen LogP contribution is -2.32. The second-order valence-corrected chi connectivity index (χ2v) is 6.77. The van der Waals surface area contributed by atoms with Crippen LogP contribution in [0.15, 0.2) is 61.1 Å². The molecule has 1 saturated carbocycles. The Bertz CT molecular complexity index is 868. The number of pyridine rings is 1. The molecule has 4 rings (SSSR count). The van der Waals surface area contributed by atoms with Crippen LogP contribution in [0.5, 0.6) is 0 Å². The third-order valence-electron chi connectivity index (χ3n) is 4.82. The maximum atomic E-state index is 12.9. The van der Waals surface area contributed by atoms with E-state index in [-0.39, 0.29) is 11.9 Å². The standard InChI is InChI=1S/C21H22N4O/c26-21(23-18-10-4-5-11-18)19-15-25(14-16-7-2-1-3-8-16)24-20(19)17-9-6-12-22-13-17/h1-3,6-9,12-13,15,18H,4-5,10-11,14H2,(H,23,26). The van der Waals surface area contributed by atoms with Crippen molar-refractivity contribution in [3.8, 4) is 11.3 Å². The summed E-state index contributed by atoms with van der Waals surface area (Å²) < 4.78 is 1.83. The average molecular weight is 346 g/mol. The Labute approximate surface area is 153 Å². The van der Waals surface area contributed by atoms with E-state index in [9.17, 15) is 4.79 Å². The second-order valence-electron chi connectivity index (χ2n) is 6.77. The van der Waals surface area contributed by atoms with Crippen LogP contribution in [0.4, 0.5) is 0 Å².